The second kappa shape index (κ2) is 6.50. The normalized spacial score (nSPS) is 11.9. The molecule has 98 valence electrons. The number of carbonyl (C=O) groups excluding carboxylic acids is 2. The molecule has 0 aliphatic carbocycles. The number of nitrogens with zero attached hydrogens (tertiary/aromatic N) is 1. The number of halogens is 2. The first-order valence-electron chi connectivity index (χ1n) is 4.85. The molecule has 0 radical (unpaired) electrons. The van der Waals surface area contributed by atoms with Crippen molar-refractivity contribution < 1.29 is 14.3 Å². The van der Waals surface area contributed by atoms with Crippen LogP contribution in [0.4, 0.5) is 0 Å². The molecule has 6 nitrogen and oxygen atoms in total. The number of hydrogen-bond acceptors (Lipinski definition) is 4. The number of primary amides is 1. The van der Waals surface area contributed by atoms with Crippen LogP contribution in [0.1, 0.15) is 6.92 Å². The lowest BCUT2D eigenvalue weighted by molar-refractivity contribution is -0.154. The summed E-state index contributed by atoms with van der Waals surface area (Å²) >= 11 is 3.79. The van der Waals surface area contributed by atoms with E-state index in [0.29, 0.717) is 7.14 Å². The van der Waals surface area contributed by atoms with Crippen LogP contribution in [0.5, 0.6) is 0 Å². The first-order chi connectivity index (χ1) is 8.31. The number of esters is 1. The third-order valence-electron chi connectivity index (χ3n) is 2.01. The molecule has 1 amide bonds. The average Bonchev–Trinajstić information content (AvgIpc) is 2.25. The Bertz CT molecular complexity index is 515. The van der Waals surface area contributed by atoms with E-state index in [1.807, 2.05) is 45.2 Å². The van der Waals surface area contributed by atoms with E-state index in [9.17, 15) is 14.4 Å². The zero-order valence-corrected chi connectivity index (χ0v) is 13.7. The lowest BCUT2D eigenvalue weighted by Gasteiger charge is -2.11. The molecule has 0 bridgehead atoms. The van der Waals surface area contributed by atoms with Crippen LogP contribution in [0, 0.1) is 7.14 Å². The maximum Gasteiger partial charge on any atom is 0.326 e. The zero-order valence-electron chi connectivity index (χ0n) is 9.35. The molecule has 0 saturated heterocycles. The van der Waals surface area contributed by atoms with Gasteiger partial charge in [-0.15, -0.1) is 0 Å². The second-order valence-corrected chi connectivity index (χ2v) is 5.81. The molecule has 0 aliphatic rings. The highest BCUT2D eigenvalue weighted by molar-refractivity contribution is 14.1. The van der Waals surface area contributed by atoms with Crippen LogP contribution in [0.3, 0.4) is 0 Å². The summed E-state index contributed by atoms with van der Waals surface area (Å²) < 4.78 is 7.36. The minimum absolute atomic E-state index is 0.0775. The van der Waals surface area contributed by atoms with E-state index >= 15 is 0 Å². The van der Waals surface area contributed by atoms with Gasteiger partial charge in [0.15, 0.2) is 6.10 Å². The molecule has 0 fully saturated rings. The number of aromatic nitrogens is 1. The summed E-state index contributed by atoms with van der Waals surface area (Å²) in [5.41, 5.74) is 4.90. The zero-order chi connectivity index (χ0) is 13.9. The smallest absolute Gasteiger partial charge is 0.326 e. The van der Waals surface area contributed by atoms with E-state index in [-0.39, 0.29) is 12.0 Å². The van der Waals surface area contributed by atoms with Crippen LogP contribution in [-0.2, 0) is 20.9 Å². The third-order valence-corrected chi connectivity index (χ3v) is 3.55. The summed E-state index contributed by atoms with van der Waals surface area (Å²) in [6, 6.07) is 0. The topological polar surface area (TPSA) is 91.4 Å². The van der Waals surface area contributed by atoms with Crippen molar-refractivity contribution in [2.75, 3.05) is 0 Å². The van der Waals surface area contributed by atoms with E-state index in [1.54, 1.807) is 12.4 Å². The van der Waals surface area contributed by atoms with Gasteiger partial charge in [-0.3, -0.25) is 14.4 Å². The van der Waals surface area contributed by atoms with Crippen LogP contribution < -0.4 is 11.2 Å². The van der Waals surface area contributed by atoms with Crippen LogP contribution in [0.2, 0.25) is 0 Å². The summed E-state index contributed by atoms with van der Waals surface area (Å²) in [6.07, 6.45) is 2.12. The molecule has 2 N–H and O–H groups in total. The highest BCUT2D eigenvalue weighted by atomic mass is 127. The van der Waals surface area contributed by atoms with Gasteiger partial charge >= 0.3 is 5.97 Å². The Morgan fingerprint density at radius 1 is 1.39 bits per heavy atom. The van der Waals surface area contributed by atoms with Gasteiger partial charge in [-0.2, -0.15) is 0 Å². The first kappa shape index (κ1) is 15.4. The molecule has 1 aromatic heterocycles. The predicted octanol–water partition coefficient (Wildman–Crippen LogP) is 0.475. The van der Waals surface area contributed by atoms with Crippen LogP contribution >= 0.6 is 45.2 Å². The van der Waals surface area contributed by atoms with E-state index in [2.05, 4.69) is 0 Å². The molecule has 0 saturated carbocycles. The fraction of sp³-hybridized carbons (Fsp3) is 0.300. The van der Waals surface area contributed by atoms with Gasteiger partial charge in [0.1, 0.15) is 6.54 Å². The van der Waals surface area contributed by atoms with Gasteiger partial charge in [0.05, 0.1) is 7.14 Å². The van der Waals surface area contributed by atoms with Crippen molar-refractivity contribution in [3.8, 4) is 0 Å². The van der Waals surface area contributed by atoms with Gasteiger partial charge in [-0.25, -0.2) is 0 Å². The lowest BCUT2D eigenvalue weighted by atomic mass is 10.4. The van der Waals surface area contributed by atoms with Crippen LogP contribution in [0.25, 0.3) is 0 Å². The fourth-order valence-corrected chi connectivity index (χ4v) is 2.91. The molecule has 1 rings (SSSR count). The average molecular weight is 476 g/mol. The maximum absolute atomic E-state index is 11.5. The number of pyridine rings is 1. The monoisotopic (exact) mass is 476 g/mol. The molecule has 1 heterocycles. The summed E-state index contributed by atoms with van der Waals surface area (Å²) in [6.45, 7) is 1.32. The number of amides is 1. The number of ether oxygens (including phenoxy) is 1. The van der Waals surface area contributed by atoms with Gasteiger partial charge in [-0.05, 0) is 52.1 Å². The fourth-order valence-electron chi connectivity index (χ4n) is 1.09. The number of hydrogen-bond donors (Lipinski definition) is 1. The molecule has 1 atom stereocenters. The maximum atomic E-state index is 11.5. The Balaban J connectivity index is 2.77. The van der Waals surface area contributed by atoms with Crippen molar-refractivity contribution in [3.05, 3.63) is 29.8 Å². The minimum Gasteiger partial charge on any atom is -0.451 e. The first-order valence-corrected chi connectivity index (χ1v) is 7.01. The van der Waals surface area contributed by atoms with Crippen LogP contribution in [-0.4, -0.2) is 22.5 Å². The van der Waals surface area contributed by atoms with E-state index in [1.165, 1.54) is 11.5 Å². The van der Waals surface area contributed by atoms with Crippen molar-refractivity contribution >= 4 is 57.1 Å². The Labute approximate surface area is 130 Å². The summed E-state index contributed by atoms with van der Waals surface area (Å²) in [5, 5.41) is 0. The van der Waals surface area contributed by atoms with E-state index in [0.717, 1.165) is 0 Å². The van der Waals surface area contributed by atoms with Gasteiger partial charge in [0.25, 0.3) is 5.91 Å². The molecular weight excluding hydrogens is 466 g/mol. The lowest BCUT2D eigenvalue weighted by Crippen LogP contribution is -2.31. The highest BCUT2D eigenvalue weighted by Crippen LogP contribution is 2.04. The summed E-state index contributed by atoms with van der Waals surface area (Å²) in [7, 11) is 0. The van der Waals surface area contributed by atoms with Gasteiger partial charge in [-0.1, -0.05) is 0 Å². The Morgan fingerprint density at radius 3 is 2.33 bits per heavy atom. The predicted molar refractivity (Wildman–Crippen MR) is 80.9 cm³/mol. The summed E-state index contributed by atoms with van der Waals surface area (Å²) in [5.74, 6) is -1.29. The molecule has 0 aliphatic heterocycles. The molecule has 0 spiro atoms. The van der Waals surface area contributed by atoms with Crippen molar-refractivity contribution in [1.82, 2.24) is 4.57 Å². The molecular formula is C10H10I2N2O4. The third kappa shape index (κ3) is 4.23. The van der Waals surface area contributed by atoms with Crippen molar-refractivity contribution in [2.45, 2.75) is 19.6 Å². The standard InChI is InChI=1S/C10H10I2N2O4/c1-5(10(13)17)18-8(15)4-14-2-6(11)9(16)7(12)3-14/h2-3,5H,4H2,1H3,(H2,13,17). The van der Waals surface area contributed by atoms with Crippen molar-refractivity contribution in [3.63, 3.8) is 0 Å². The molecule has 1 unspecified atom stereocenters. The Hall–Kier alpha value is -0.650. The molecule has 8 heteroatoms. The summed E-state index contributed by atoms with van der Waals surface area (Å²) in [4.78, 5) is 33.7. The number of rotatable bonds is 4. The van der Waals surface area contributed by atoms with Crippen molar-refractivity contribution in [1.29, 1.82) is 0 Å². The SMILES string of the molecule is CC(OC(=O)Cn1cc(I)c(=O)c(I)c1)C(N)=O. The number of carbonyl (C=O) groups is 2. The second-order valence-electron chi connectivity index (χ2n) is 3.49. The van der Waals surface area contributed by atoms with Gasteiger partial charge < -0.3 is 15.0 Å². The largest absolute Gasteiger partial charge is 0.451 e. The Morgan fingerprint density at radius 2 is 1.89 bits per heavy atom. The highest BCUT2D eigenvalue weighted by Gasteiger charge is 2.15. The van der Waals surface area contributed by atoms with E-state index in [4.69, 9.17) is 10.5 Å². The van der Waals surface area contributed by atoms with Gasteiger partial charge in [0.2, 0.25) is 5.43 Å². The Kier molecular flexibility index (Phi) is 5.56. The van der Waals surface area contributed by atoms with Gasteiger partial charge in [0, 0.05) is 12.4 Å². The quantitative estimate of drug-likeness (QED) is 0.506. The van der Waals surface area contributed by atoms with E-state index < -0.39 is 18.0 Å². The molecule has 18 heavy (non-hydrogen) atoms. The number of nitrogens with two attached hydrogens (primary N) is 1. The van der Waals surface area contributed by atoms with Crippen LogP contribution in [0.15, 0.2) is 17.2 Å². The van der Waals surface area contributed by atoms with Crippen molar-refractivity contribution in [2.24, 2.45) is 5.73 Å². The molecule has 1 aromatic rings. The molecule has 0 aromatic carbocycles. The minimum atomic E-state index is -0.963.